The molecule has 1 heterocycles. The maximum Gasteiger partial charge on any atom is 0.323 e. The molecule has 1 saturated carbocycles. The highest BCUT2D eigenvalue weighted by Gasteiger charge is 2.37. The van der Waals surface area contributed by atoms with Crippen LogP contribution >= 0.6 is 0 Å². The smallest absolute Gasteiger partial charge is 0.323 e. The molecule has 1 amide bonds. The van der Waals surface area contributed by atoms with Crippen molar-refractivity contribution in [3.8, 4) is 5.69 Å². The van der Waals surface area contributed by atoms with Crippen molar-refractivity contribution >= 4 is 11.9 Å². The quantitative estimate of drug-likeness (QED) is 0.913. The largest absolute Gasteiger partial charge is 0.480 e. The first-order valence-corrected chi connectivity index (χ1v) is 8.34. The maximum absolute atomic E-state index is 13.0. The van der Waals surface area contributed by atoms with Crippen LogP contribution in [-0.2, 0) is 17.6 Å². The Balaban J connectivity index is 1.73. The Morgan fingerprint density at radius 1 is 1.21 bits per heavy atom. The van der Waals surface area contributed by atoms with E-state index in [1.807, 2.05) is 35.0 Å². The maximum atomic E-state index is 13.0. The number of fused-ring (bicyclic) bond motifs is 1. The molecule has 6 heteroatoms. The fraction of sp³-hybridized carbons (Fsp3) is 0.389. The SMILES string of the molecule is O=C(O)CN(C(=O)c1nn(-c2ccccc2)c2c1CCC2)C1CC1. The number of carbonyl (C=O) groups is 2. The Morgan fingerprint density at radius 3 is 2.62 bits per heavy atom. The molecule has 0 radical (unpaired) electrons. The van der Waals surface area contributed by atoms with Gasteiger partial charge in [-0.3, -0.25) is 9.59 Å². The molecule has 0 unspecified atom stereocenters. The van der Waals surface area contributed by atoms with Crippen LogP contribution in [0, 0.1) is 0 Å². The van der Waals surface area contributed by atoms with Crippen LogP contribution in [0.2, 0.25) is 0 Å². The summed E-state index contributed by atoms with van der Waals surface area (Å²) in [4.78, 5) is 25.5. The van der Waals surface area contributed by atoms with Gasteiger partial charge in [-0.05, 0) is 44.2 Å². The summed E-state index contributed by atoms with van der Waals surface area (Å²) in [5, 5.41) is 13.7. The van der Waals surface area contributed by atoms with Gasteiger partial charge < -0.3 is 10.0 Å². The number of hydrogen-bond donors (Lipinski definition) is 1. The zero-order valence-electron chi connectivity index (χ0n) is 13.3. The van der Waals surface area contributed by atoms with Crippen molar-refractivity contribution in [1.29, 1.82) is 0 Å². The molecular formula is C18H19N3O3. The number of para-hydroxylation sites is 1. The number of rotatable bonds is 5. The lowest BCUT2D eigenvalue weighted by Gasteiger charge is -2.19. The van der Waals surface area contributed by atoms with Gasteiger partial charge >= 0.3 is 5.97 Å². The lowest BCUT2D eigenvalue weighted by molar-refractivity contribution is -0.137. The third kappa shape index (κ3) is 2.58. The number of carbonyl (C=O) groups excluding carboxylic acids is 1. The highest BCUT2D eigenvalue weighted by molar-refractivity contribution is 5.96. The zero-order valence-corrected chi connectivity index (χ0v) is 13.3. The summed E-state index contributed by atoms with van der Waals surface area (Å²) in [7, 11) is 0. The Hall–Kier alpha value is -2.63. The van der Waals surface area contributed by atoms with E-state index in [-0.39, 0.29) is 18.5 Å². The summed E-state index contributed by atoms with van der Waals surface area (Å²) in [6.07, 6.45) is 4.48. The van der Waals surface area contributed by atoms with E-state index in [0.29, 0.717) is 5.69 Å². The third-order valence-electron chi connectivity index (χ3n) is 4.69. The lowest BCUT2D eigenvalue weighted by Crippen LogP contribution is -2.38. The molecule has 24 heavy (non-hydrogen) atoms. The van der Waals surface area contributed by atoms with E-state index >= 15 is 0 Å². The van der Waals surface area contributed by atoms with Gasteiger partial charge in [0, 0.05) is 17.3 Å². The molecule has 2 aliphatic rings. The minimum Gasteiger partial charge on any atom is -0.480 e. The molecule has 0 aliphatic heterocycles. The Bertz CT molecular complexity index is 793. The minimum absolute atomic E-state index is 0.0486. The molecule has 1 aromatic carbocycles. The number of aromatic nitrogens is 2. The highest BCUT2D eigenvalue weighted by atomic mass is 16.4. The average molecular weight is 325 g/mol. The highest BCUT2D eigenvalue weighted by Crippen LogP contribution is 2.32. The van der Waals surface area contributed by atoms with Gasteiger partial charge in [0.2, 0.25) is 0 Å². The number of aliphatic carboxylic acids is 1. The van der Waals surface area contributed by atoms with Crippen LogP contribution in [0.5, 0.6) is 0 Å². The van der Waals surface area contributed by atoms with Gasteiger partial charge in [0.05, 0.1) is 5.69 Å². The van der Waals surface area contributed by atoms with Gasteiger partial charge in [-0.25, -0.2) is 4.68 Å². The summed E-state index contributed by atoms with van der Waals surface area (Å²) in [6.45, 7) is -0.254. The number of hydrogen-bond acceptors (Lipinski definition) is 3. The first-order valence-electron chi connectivity index (χ1n) is 8.34. The number of nitrogens with zero attached hydrogens (tertiary/aromatic N) is 3. The van der Waals surface area contributed by atoms with Crippen molar-refractivity contribution in [2.45, 2.75) is 38.1 Å². The van der Waals surface area contributed by atoms with Crippen molar-refractivity contribution in [2.24, 2.45) is 0 Å². The van der Waals surface area contributed by atoms with Crippen molar-refractivity contribution < 1.29 is 14.7 Å². The zero-order chi connectivity index (χ0) is 16.7. The summed E-state index contributed by atoms with van der Waals surface area (Å²) >= 11 is 0. The molecule has 1 fully saturated rings. The summed E-state index contributed by atoms with van der Waals surface area (Å²) in [5.74, 6) is -1.22. The third-order valence-corrected chi connectivity index (χ3v) is 4.69. The number of carboxylic acids is 1. The number of carboxylic acid groups (broad SMARTS) is 1. The van der Waals surface area contributed by atoms with Gasteiger partial charge in [0.15, 0.2) is 5.69 Å². The topological polar surface area (TPSA) is 75.4 Å². The van der Waals surface area contributed by atoms with Gasteiger partial charge in [-0.1, -0.05) is 18.2 Å². The monoisotopic (exact) mass is 325 g/mol. The normalized spacial score (nSPS) is 16.0. The van der Waals surface area contributed by atoms with E-state index in [9.17, 15) is 9.59 Å². The van der Waals surface area contributed by atoms with Crippen molar-refractivity contribution in [1.82, 2.24) is 14.7 Å². The van der Waals surface area contributed by atoms with Gasteiger partial charge in [-0.15, -0.1) is 0 Å². The van der Waals surface area contributed by atoms with E-state index in [1.54, 1.807) is 0 Å². The molecular weight excluding hydrogens is 306 g/mol. The second-order valence-electron chi connectivity index (χ2n) is 6.43. The second-order valence-corrected chi connectivity index (χ2v) is 6.43. The molecule has 2 aliphatic carbocycles. The molecule has 6 nitrogen and oxygen atoms in total. The number of benzene rings is 1. The molecule has 0 atom stereocenters. The molecule has 0 bridgehead atoms. The van der Waals surface area contributed by atoms with Crippen molar-refractivity contribution in [3.63, 3.8) is 0 Å². The summed E-state index contributed by atoms with van der Waals surface area (Å²) in [5.41, 5.74) is 3.43. The average Bonchev–Trinajstić information content (AvgIpc) is 3.19. The minimum atomic E-state index is -0.977. The standard InChI is InChI=1S/C18H19N3O3/c22-16(23)11-20(12-9-10-12)18(24)17-14-7-4-8-15(14)21(19-17)13-5-2-1-3-6-13/h1-3,5-6,12H,4,7-11H2,(H,22,23). The predicted octanol–water partition coefficient (Wildman–Crippen LogP) is 2.05. The van der Waals surface area contributed by atoms with Crippen LogP contribution in [0.15, 0.2) is 30.3 Å². The molecule has 0 spiro atoms. The van der Waals surface area contributed by atoms with Crippen LogP contribution in [0.4, 0.5) is 0 Å². The summed E-state index contributed by atoms with van der Waals surface area (Å²) < 4.78 is 1.85. The fourth-order valence-electron chi connectivity index (χ4n) is 3.43. The Morgan fingerprint density at radius 2 is 1.96 bits per heavy atom. The molecule has 1 aromatic heterocycles. The Labute approximate surface area is 139 Å². The predicted molar refractivity (Wildman–Crippen MR) is 87.3 cm³/mol. The molecule has 2 aromatic rings. The van der Waals surface area contributed by atoms with E-state index < -0.39 is 5.97 Å². The fourth-order valence-corrected chi connectivity index (χ4v) is 3.43. The van der Waals surface area contributed by atoms with E-state index in [4.69, 9.17) is 5.11 Å². The first-order chi connectivity index (χ1) is 11.6. The van der Waals surface area contributed by atoms with E-state index in [2.05, 4.69) is 5.10 Å². The molecule has 4 rings (SSSR count). The van der Waals surface area contributed by atoms with E-state index in [1.165, 1.54) is 4.90 Å². The van der Waals surface area contributed by atoms with E-state index in [0.717, 1.165) is 49.0 Å². The molecule has 0 saturated heterocycles. The second kappa shape index (κ2) is 5.78. The van der Waals surface area contributed by atoms with Gasteiger partial charge in [-0.2, -0.15) is 5.10 Å². The lowest BCUT2D eigenvalue weighted by atomic mass is 10.2. The number of amides is 1. The first kappa shape index (κ1) is 14.9. The molecule has 124 valence electrons. The van der Waals surface area contributed by atoms with Crippen LogP contribution in [-0.4, -0.2) is 44.3 Å². The van der Waals surface area contributed by atoms with Gasteiger partial charge in [0.25, 0.3) is 5.91 Å². The van der Waals surface area contributed by atoms with Crippen LogP contribution in [0.25, 0.3) is 5.69 Å². The van der Waals surface area contributed by atoms with Crippen molar-refractivity contribution in [3.05, 3.63) is 47.3 Å². The van der Waals surface area contributed by atoms with Crippen LogP contribution < -0.4 is 0 Å². The Kier molecular flexibility index (Phi) is 3.59. The summed E-state index contributed by atoms with van der Waals surface area (Å²) in [6, 6.07) is 9.82. The van der Waals surface area contributed by atoms with Gasteiger partial charge in [0.1, 0.15) is 6.54 Å². The van der Waals surface area contributed by atoms with Crippen LogP contribution in [0.3, 0.4) is 0 Å². The van der Waals surface area contributed by atoms with Crippen molar-refractivity contribution in [2.75, 3.05) is 6.54 Å². The van der Waals surface area contributed by atoms with Crippen LogP contribution in [0.1, 0.15) is 41.0 Å². The molecule has 1 N–H and O–H groups in total.